The number of aliphatic hydroxyl groups is 1. The van der Waals surface area contributed by atoms with Gasteiger partial charge in [-0.05, 0) is 43.9 Å². The molecule has 1 N–H and O–H groups in total. The summed E-state index contributed by atoms with van der Waals surface area (Å²) in [6, 6.07) is 8.87. The van der Waals surface area contributed by atoms with E-state index in [1.54, 1.807) is 7.11 Å². The summed E-state index contributed by atoms with van der Waals surface area (Å²) in [4.78, 5) is 2.31. The molecule has 128 valence electrons. The first kappa shape index (κ1) is 15.6. The fraction of sp³-hybridized carbons (Fsp3) is 0.556. The molecular formula is C18H24N4O2. The van der Waals surface area contributed by atoms with Crippen molar-refractivity contribution in [1.82, 2.24) is 19.7 Å². The summed E-state index contributed by atoms with van der Waals surface area (Å²) in [5.74, 6) is 2.85. The third kappa shape index (κ3) is 2.91. The Morgan fingerprint density at radius 3 is 2.88 bits per heavy atom. The number of aromatic nitrogens is 3. The minimum Gasteiger partial charge on any atom is -0.497 e. The maximum Gasteiger partial charge on any atom is 0.147 e. The van der Waals surface area contributed by atoms with Crippen molar-refractivity contribution in [3.8, 4) is 5.75 Å². The molecule has 1 aromatic heterocycles. The Balaban J connectivity index is 1.59. The number of benzene rings is 1. The first-order valence-corrected chi connectivity index (χ1v) is 8.62. The van der Waals surface area contributed by atoms with E-state index in [0.29, 0.717) is 12.6 Å². The zero-order valence-corrected chi connectivity index (χ0v) is 14.2. The van der Waals surface area contributed by atoms with E-state index < -0.39 is 0 Å². The van der Waals surface area contributed by atoms with Crippen molar-refractivity contribution >= 4 is 0 Å². The maximum absolute atomic E-state index is 10.2. The van der Waals surface area contributed by atoms with E-state index >= 15 is 0 Å². The van der Waals surface area contributed by atoms with Gasteiger partial charge < -0.3 is 14.4 Å². The predicted octanol–water partition coefficient (Wildman–Crippen LogP) is 2.24. The van der Waals surface area contributed by atoms with Gasteiger partial charge in [0.15, 0.2) is 0 Å². The normalized spacial score (nSPS) is 24.5. The molecule has 1 aliphatic heterocycles. The molecule has 1 saturated carbocycles. The fourth-order valence-electron chi connectivity index (χ4n) is 3.76. The van der Waals surface area contributed by atoms with Crippen LogP contribution in [0.4, 0.5) is 0 Å². The highest BCUT2D eigenvalue weighted by atomic mass is 16.5. The third-order valence-corrected chi connectivity index (χ3v) is 5.05. The Morgan fingerprint density at radius 1 is 1.29 bits per heavy atom. The topological polar surface area (TPSA) is 63.4 Å². The molecule has 1 aliphatic carbocycles. The van der Waals surface area contributed by atoms with Crippen LogP contribution in [-0.2, 0) is 6.54 Å². The second-order valence-corrected chi connectivity index (χ2v) is 6.88. The molecule has 1 aromatic carbocycles. The van der Waals surface area contributed by atoms with Crippen LogP contribution in [0.1, 0.15) is 48.6 Å². The van der Waals surface area contributed by atoms with Crippen LogP contribution in [0.3, 0.4) is 0 Å². The molecule has 2 fully saturated rings. The molecule has 4 rings (SSSR count). The Labute approximate surface area is 142 Å². The minimum absolute atomic E-state index is 0.180. The molecular weight excluding hydrogens is 304 g/mol. The number of ether oxygens (including phenoxy) is 1. The van der Waals surface area contributed by atoms with Gasteiger partial charge in [-0.25, -0.2) is 0 Å². The lowest BCUT2D eigenvalue weighted by Gasteiger charge is -2.24. The Hall–Kier alpha value is -1.92. The number of likely N-dealkylation sites (tertiary alicyclic amines) is 1. The van der Waals surface area contributed by atoms with Crippen molar-refractivity contribution in [3.63, 3.8) is 0 Å². The van der Waals surface area contributed by atoms with Crippen molar-refractivity contribution in [3.05, 3.63) is 41.5 Å². The van der Waals surface area contributed by atoms with Crippen LogP contribution in [0, 0.1) is 6.92 Å². The quantitative estimate of drug-likeness (QED) is 0.912. The Kier molecular flexibility index (Phi) is 4.02. The molecule has 6 heteroatoms. The van der Waals surface area contributed by atoms with E-state index in [1.165, 1.54) is 18.4 Å². The largest absolute Gasteiger partial charge is 0.497 e. The minimum atomic E-state index is -0.306. The molecule has 0 radical (unpaired) electrons. The highest BCUT2D eigenvalue weighted by Crippen LogP contribution is 2.38. The average Bonchev–Trinajstić information content (AvgIpc) is 3.26. The molecule has 1 saturated heterocycles. The summed E-state index contributed by atoms with van der Waals surface area (Å²) in [5, 5.41) is 18.9. The summed E-state index contributed by atoms with van der Waals surface area (Å²) in [7, 11) is 1.68. The second kappa shape index (κ2) is 6.18. The van der Waals surface area contributed by atoms with E-state index in [0.717, 1.165) is 30.4 Å². The number of β-amino-alcohol motifs (C(OH)–C–C–N with tert-alkyl or cyclic N) is 1. The van der Waals surface area contributed by atoms with Gasteiger partial charge in [0, 0.05) is 18.6 Å². The van der Waals surface area contributed by atoms with Gasteiger partial charge in [0.05, 0.1) is 19.8 Å². The molecule has 0 unspecified atom stereocenters. The molecule has 2 aliphatic rings. The second-order valence-electron chi connectivity index (χ2n) is 6.88. The van der Waals surface area contributed by atoms with Crippen molar-refractivity contribution in [2.24, 2.45) is 0 Å². The van der Waals surface area contributed by atoms with E-state index in [9.17, 15) is 5.11 Å². The van der Waals surface area contributed by atoms with E-state index in [2.05, 4.69) is 31.8 Å². The van der Waals surface area contributed by atoms with Gasteiger partial charge in [0.2, 0.25) is 0 Å². The van der Waals surface area contributed by atoms with Gasteiger partial charge >= 0.3 is 0 Å². The SMILES string of the molecule is COc1cccc([C@H]2C[C@H](O)CN2Cc2nnc(C)n2C2CC2)c1. The fourth-order valence-corrected chi connectivity index (χ4v) is 3.76. The number of methoxy groups -OCH3 is 1. The van der Waals surface area contributed by atoms with Crippen molar-refractivity contribution in [1.29, 1.82) is 0 Å². The van der Waals surface area contributed by atoms with E-state index in [1.807, 2.05) is 19.1 Å². The third-order valence-electron chi connectivity index (χ3n) is 5.05. The van der Waals surface area contributed by atoms with Gasteiger partial charge in [0.1, 0.15) is 17.4 Å². The summed E-state index contributed by atoms with van der Waals surface area (Å²) >= 11 is 0. The molecule has 24 heavy (non-hydrogen) atoms. The van der Waals surface area contributed by atoms with Crippen LogP contribution in [-0.4, -0.2) is 44.5 Å². The molecule has 2 atom stereocenters. The van der Waals surface area contributed by atoms with Crippen molar-refractivity contribution in [2.75, 3.05) is 13.7 Å². The zero-order valence-electron chi connectivity index (χ0n) is 14.2. The first-order chi connectivity index (χ1) is 11.7. The van der Waals surface area contributed by atoms with E-state index in [-0.39, 0.29) is 12.1 Å². The van der Waals surface area contributed by atoms with Crippen LogP contribution >= 0.6 is 0 Å². The first-order valence-electron chi connectivity index (χ1n) is 8.62. The monoisotopic (exact) mass is 328 g/mol. The number of hydrogen-bond acceptors (Lipinski definition) is 5. The summed E-state index contributed by atoms with van der Waals surface area (Å²) in [6.07, 6.45) is 2.87. The lowest BCUT2D eigenvalue weighted by atomic mass is 10.0. The number of nitrogens with zero attached hydrogens (tertiary/aromatic N) is 4. The lowest BCUT2D eigenvalue weighted by molar-refractivity contribution is 0.170. The highest BCUT2D eigenvalue weighted by molar-refractivity contribution is 5.31. The summed E-state index contributed by atoms with van der Waals surface area (Å²) in [6.45, 7) is 3.40. The van der Waals surface area contributed by atoms with Crippen LogP contribution in [0.25, 0.3) is 0 Å². The van der Waals surface area contributed by atoms with Crippen LogP contribution in [0.15, 0.2) is 24.3 Å². The standard InChI is InChI=1S/C18H24N4O2/c1-12-19-20-18(22(12)14-6-7-14)11-21-10-15(23)9-17(21)13-4-3-5-16(8-13)24-2/h3-5,8,14-15,17,23H,6-7,9-11H2,1-2H3/t15-,17+/m0/s1. The molecule has 6 nitrogen and oxygen atoms in total. The van der Waals surface area contributed by atoms with Crippen molar-refractivity contribution < 1.29 is 9.84 Å². The van der Waals surface area contributed by atoms with Crippen molar-refractivity contribution in [2.45, 2.75) is 50.9 Å². The van der Waals surface area contributed by atoms with Crippen LogP contribution < -0.4 is 4.74 Å². The predicted molar refractivity (Wildman–Crippen MR) is 89.8 cm³/mol. The average molecular weight is 328 g/mol. The van der Waals surface area contributed by atoms with Gasteiger partial charge in [-0.1, -0.05) is 12.1 Å². The molecule has 0 bridgehead atoms. The Morgan fingerprint density at radius 2 is 2.12 bits per heavy atom. The molecule has 0 amide bonds. The molecule has 2 aromatic rings. The smallest absolute Gasteiger partial charge is 0.147 e. The van der Waals surface area contributed by atoms with Gasteiger partial charge in [0.25, 0.3) is 0 Å². The zero-order chi connectivity index (χ0) is 16.7. The van der Waals surface area contributed by atoms with Crippen LogP contribution in [0.2, 0.25) is 0 Å². The van der Waals surface area contributed by atoms with E-state index in [4.69, 9.17) is 4.74 Å². The van der Waals surface area contributed by atoms with Crippen LogP contribution in [0.5, 0.6) is 5.75 Å². The lowest BCUT2D eigenvalue weighted by Crippen LogP contribution is -2.26. The molecule has 2 heterocycles. The summed E-state index contributed by atoms with van der Waals surface area (Å²) < 4.78 is 7.62. The van der Waals surface area contributed by atoms with Gasteiger partial charge in [-0.3, -0.25) is 4.90 Å². The van der Waals surface area contributed by atoms with Gasteiger partial charge in [-0.15, -0.1) is 10.2 Å². The highest BCUT2D eigenvalue weighted by Gasteiger charge is 2.35. The number of hydrogen-bond donors (Lipinski definition) is 1. The van der Waals surface area contributed by atoms with Gasteiger partial charge in [-0.2, -0.15) is 0 Å². The maximum atomic E-state index is 10.2. The number of aryl methyl sites for hydroxylation is 1. The summed E-state index contributed by atoms with van der Waals surface area (Å²) in [5.41, 5.74) is 1.18. The molecule has 0 spiro atoms. The Bertz CT molecular complexity index is 726. The number of aliphatic hydroxyl groups excluding tert-OH is 1. The number of rotatable bonds is 5.